The van der Waals surface area contributed by atoms with Crippen molar-refractivity contribution in [2.45, 2.75) is 20.0 Å². The Morgan fingerprint density at radius 2 is 2.21 bits per heavy atom. The molecule has 19 heavy (non-hydrogen) atoms. The van der Waals surface area contributed by atoms with Gasteiger partial charge in [0.25, 0.3) is 0 Å². The summed E-state index contributed by atoms with van der Waals surface area (Å²) in [6, 6.07) is 8.17. The molecule has 0 spiro atoms. The molecule has 0 saturated carbocycles. The number of hydrogen-bond acceptors (Lipinski definition) is 3. The summed E-state index contributed by atoms with van der Waals surface area (Å²) in [6.07, 6.45) is 2.06. The third kappa shape index (κ3) is 2.59. The van der Waals surface area contributed by atoms with Crippen LogP contribution in [0.3, 0.4) is 0 Å². The highest BCUT2D eigenvalue weighted by Gasteiger charge is 2.08. The maximum atomic E-state index is 4.56. The van der Waals surface area contributed by atoms with E-state index in [2.05, 4.69) is 55.2 Å². The summed E-state index contributed by atoms with van der Waals surface area (Å²) in [5.74, 6) is 0. The number of fused-ring (bicyclic) bond motifs is 1. The van der Waals surface area contributed by atoms with Gasteiger partial charge < -0.3 is 9.72 Å². The predicted molar refractivity (Wildman–Crippen MR) is 82.5 cm³/mol. The molecule has 0 amide bonds. The Morgan fingerprint density at radius 3 is 3.00 bits per heavy atom. The fraction of sp³-hybridized carbons (Fsp3) is 0.214. The highest BCUT2D eigenvalue weighted by atomic mass is 79.9. The molecular formula is C14H14BrN3S. The smallest absolute Gasteiger partial charge is 0.137 e. The summed E-state index contributed by atoms with van der Waals surface area (Å²) < 4.78 is 3.33. The molecule has 0 fully saturated rings. The van der Waals surface area contributed by atoms with Crippen LogP contribution in [0.25, 0.3) is 5.65 Å². The zero-order valence-electron chi connectivity index (χ0n) is 10.6. The first-order valence-electron chi connectivity index (χ1n) is 6.11. The number of aromatic nitrogens is 2. The van der Waals surface area contributed by atoms with E-state index < -0.39 is 0 Å². The maximum Gasteiger partial charge on any atom is 0.137 e. The number of nitrogens with one attached hydrogen (secondary N) is 1. The number of rotatable bonds is 4. The molecule has 3 rings (SSSR count). The minimum atomic E-state index is 0.821. The third-order valence-electron chi connectivity index (χ3n) is 3.10. The number of hydrogen-bond donors (Lipinski definition) is 1. The zero-order chi connectivity index (χ0) is 13.2. The van der Waals surface area contributed by atoms with E-state index >= 15 is 0 Å². The fourth-order valence-corrected chi connectivity index (χ4v) is 3.58. The molecule has 0 aliphatic heterocycles. The van der Waals surface area contributed by atoms with Gasteiger partial charge in [-0.15, -0.1) is 11.3 Å². The van der Waals surface area contributed by atoms with Crippen LogP contribution in [-0.4, -0.2) is 9.38 Å². The minimum absolute atomic E-state index is 0.821. The van der Waals surface area contributed by atoms with E-state index in [0.717, 1.165) is 24.4 Å². The molecule has 0 saturated heterocycles. The van der Waals surface area contributed by atoms with Crippen LogP contribution in [0, 0.1) is 6.92 Å². The Kier molecular flexibility index (Phi) is 3.68. The van der Waals surface area contributed by atoms with E-state index in [1.54, 1.807) is 11.3 Å². The molecule has 0 bridgehead atoms. The molecule has 3 heterocycles. The largest absolute Gasteiger partial charge is 0.306 e. The molecule has 0 aromatic carbocycles. The van der Waals surface area contributed by atoms with Gasteiger partial charge in [-0.1, -0.05) is 6.07 Å². The average molecular weight is 336 g/mol. The summed E-state index contributed by atoms with van der Waals surface area (Å²) in [4.78, 5) is 5.89. The lowest BCUT2D eigenvalue weighted by Gasteiger charge is -2.05. The van der Waals surface area contributed by atoms with Crippen molar-refractivity contribution < 1.29 is 0 Å². The number of nitrogens with zero attached hydrogens (tertiary/aromatic N) is 2. The van der Waals surface area contributed by atoms with Crippen molar-refractivity contribution in [1.29, 1.82) is 0 Å². The summed E-state index contributed by atoms with van der Waals surface area (Å²) in [5, 5.41) is 5.58. The lowest BCUT2D eigenvalue weighted by atomic mass is 10.3. The van der Waals surface area contributed by atoms with E-state index in [4.69, 9.17) is 0 Å². The van der Waals surface area contributed by atoms with Gasteiger partial charge in [-0.3, -0.25) is 0 Å². The molecular weight excluding hydrogens is 322 g/mol. The number of pyridine rings is 1. The quantitative estimate of drug-likeness (QED) is 0.786. The van der Waals surface area contributed by atoms with Crippen molar-refractivity contribution in [2.24, 2.45) is 0 Å². The number of halogens is 1. The minimum Gasteiger partial charge on any atom is -0.306 e. The van der Waals surface area contributed by atoms with Crippen molar-refractivity contribution in [3.8, 4) is 0 Å². The molecule has 3 aromatic rings. The number of thiophene rings is 1. The Morgan fingerprint density at radius 1 is 1.32 bits per heavy atom. The third-order valence-corrected chi connectivity index (χ3v) is 5.02. The lowest BCUT2D eigenvalue weighted by molar-refractivity contribution is 0.677. The van der Waals surface area contributed by atoms with E-state index in [-0.39, 0.29) is 0 Å². The molecule has 0 radical (unpaired) electrons. The summed E-state index contributed by atoms with van der Waals surface area (Å²) in [5.41, 5.74) is 3.32. The number of imidazole rings is 1. The monoisotopic (exact) mass is 335 g/mol. The van der Waals surface area contributed by atoms with Crippen LogP contribution in [0.4, 0.5) is 0 Å². The first-order chi connectivity index (χ1) is 9.25. The second kappa shape index (κ2) is 5.45. The molecule has 1 N–H and O–H groups in total. The van der Waals surface area contributed by atoms with Gasteiger partial charge >= 0.3 is 0 Å². The van der Waals surface area contributed by atoms with Crippen LogP contribution in [0.5, 0.6) is 0 Å². The Hall–Kier alpha value is -1.17. The van der Waals surface area contributed by atoms with Crippen molar-refractivity contribution in [3.05, 3.63) is 56.6 Å². The second-order valence-corrected chi connectivity index (χ2v) is 6.22. The zero-order valence-corrected chi connectivity index (χ0v) is 13.0. The molecule has 0 aliphatic carbocycles. The Balaban J connectivity index is 1.75. The van der Waals surface area contributed by atoms with E-state index in [1.165, 1.54) is 15.0 Å². The van der Waals surface area contributed by atoms with Gasteiger partial charge in [0.2, 0.25) is 0 Å². The Labute approximate surface area is 124 Å². The van der Waals surface area contributed by atoms with Crippen LogP contribution < -0.4 is 5.32 Å². The van der Waals surface area contributed by atoms with Crippen LogP contribution >= 0.6 is 27.3 Å². The van der Waals surface area contributed by atoms with E-state index in [1.807, 2.05) is 18.2 Å². The Bertz CT molecular complexity index is 702. The lowest BCUT2D eigenvalue weighted by Crippen LogP contribution is -2.14. The summed E-state index contributed by atoms with van der Waals surface area (Å²) >= 11 is 5.32. The first-order valence-corrected chi connectivity index (χ1v) is 7.78. The van der Waals surface area contributed by atoms with Crippen molar-refractivity contribution >= 4 is 32.9 Å². The van der Waals surface area contributed by atoms with Gasteiger partial charge in [0, 0.05) is 28.6 Å². The SMILES string of the molecule is Cc1nc2ccccn2c1CNCc1sccc1Br. The van der Waals surface area contributed by atoms with Gasteiger partial charge in [0.1, 0.15) is 5.65 Å². The molecule has 0 aliphatic rings. The first kappa shape index (κ1) is 12.8. The molecule has 0 unspecified atom stereocenters. The molecule has 0 atom stereocenters. The topological polar surface area (TPSA) is 29.3 Å². The van der Waals surface area contributed by atoms with Gasteiger partial charge in [0.05, 0.1) is 11.4 Å². The molecule has 5 heteroatoms. The predicted octanol–water partition coefficient (Wildman–Crippen LogP) is 3.76. The van der Waals surface area contributed by atoms with Gasteiger partial charge in [-0.2, -0.15) is 0 Å². The van der Waals surface area contributed by atoms with Crippen molar-refractivity contribution in [3.63, 3.8) is 0 Å². The van der Waals surface area contributed by atoms with E-state index in [9.17, 15) is 0 Å². The normalized spacial score (nSPS) is 11.3. The van der Waals surface area contributed by atoms with Crippen molar-refractivity contribution in [1.82, 2.24) is 14.7 Å². The fourth-order valence-electron chi connectivity index (χ4n) is 2.12. The second-order valence-electron chi connectivity index (χ2n) is 4.37. The molecule has 98 valence electrons. The van der Waals surface area contributed by atoms with E-state index in [0.29, 0.717) is 0 Å². The van der Waals surface area contributed by atoms with Gasteiger partial charge in [0.15, 0.2) is 0 Å². The van der Waals surface area contributed by atoms with Gasteiger partial charge in [-0.05, 0) is 46.4 Å². The van der Waals surface area contributed by atoms with Crippen LogP contribution in [0.2, 0.25) is 0 Å². The number of aryl methyl sites for hydroxylation is 1. The van der Waals surface area contributed by atoms with Crippen LogP contribution in [0.1, 0.15) is 16.3 Å². The molecule has 3 nitrogen and oxygen atoms in total. The van der Waals surface area contributed by atoms with Crippen molar-refractivity contribution in [2.75, 3.05) is 0 Å². The standard InChI is InChI=1S/C14H14BrN3S/c1-10-12(18-6-3-2-4-14(18)17-10)8-16-9-13-11(15)5-7-19-13/h2-7,16H,8-9H2,1H3. The average Bonchev–Trinajstić information content (AvgIpc) is 2.94. The van der Waals surface area contributed by atoms with Gasteiger partial charge in [-0.25, -0.2) is 4.98 Å². The molecule has 3 aromatic heterocycles. The summed E-state index contributed by atoms with van der Waals surface area (Å²) in [7, 11) is 0. The highest BCUT2D eigenvalue weighted by Crippen LogP contribution is 2.22. The highest BCUT2D eigenvalue weighted by molar-refractivity contribution is 9.10. The van der Waals surface area contributed by atoms with Crippen LogP contribution in [0.15, 0.2) is 40.3 Å². The summed E-state index contributed by atoms with van der Waals surface area (Å²) in [6.45, 7) is 3.75. The maximum absolute atomic E-state index is 4.56. The van der Waals surface area contributed by atoms with Crippen LogP contribution in [-0.2, 0) is 13.1 Å².